The van der Waals surface area contributed by atoms with E-state index in [2.05, 4.69) is 34.3 Å². The molecule has 0 atom stereocenters. The molecule has 1 N–H and O–H groups in total. The van der Waals surface area contributed by atoms with Gasteiger partial charge in [0.05, 0.1) is 4.90 Å². The fraction of sp³-hybridized carbons (Fsp3) is 0.320. The maximum atomic E-state index is 12.5. The van der Waals surface area contributed by atoms with Gasteiger partial charge in [0.25, 0.3) is 5.91 Å². The van der Waals surface area contributed by atoms with Gasteiger partial charge >= 0.3 is 0 Å². The number of hydrogen-bond donors (Lipinski definition) is 1. The van der Waals surface area contributed by atoms with Crippen LogP contribution in [-0.2, 0) is 28.7 Å². The largest absolute Gasteiger partial charge is 0.455 e. The number of furan rings is 1. The van der Waals surface area contributed by atoms with Gasteiger partial charge in [-0.2, -0.15) is 0 Å². The first-order chi connectivity index (χ1) is 15.9. The van der Waals surface area contributed by atoms with Crippen molar-refractivity contribution in [1.29, 1.82) is 0 Å². The highest BCUT2D eigenvalue weighted by molar-refractivity contribution is 7.90. The van der Waals surface area contributed by atoms with Crippen molar-refractivity contribution in [2.75, 3.05) is 33.2 Å². The van der Waals surface area contributed by atoms with Crippen LogP contribution in [0.2, 0.25) is 0 Å². The second-order valence-electron chi connectivity index (χ2n) is 8.42. The van der Waals surface area contributed by atoms with Crippen molar-refractivity contribution in [2.24, 2.45) is 0 Å². The van der Waals surface area contributed by atoms with E-state index in [4.69, 9.17) is 4.42 Å². The lowest BCUT2D eigenvalue weighted by atomic mass is 10.1. The smallest absolute Gasteiger partial charge is 0.287 e. The number of amides is 1. The van der Waals surface area contributed by atoms with Crippen LogP contribution in [0.4, 0.5) is 0 Å². The van der Waals surface area contributed by atoms with E-state index in [1.54, 1.807) is 30.3 Å². The fourth-order valence-electron chi connectivity index (χ4n) is 3.85. The van der Waals surface area contributed by atoms with Gasteiger partial charge in [0.2, 0.25) is 0 Å². The number of rotatable bonds is 8. The first-order valence-electron chi connectivity index (χ1n) is 11.0. The third kappa shape index (κ3) is 6.31. The zero-order valence-corrected chi connectivity index (χ0v) is 19.6. The van der Waals surface area contributed by atoms with Gasteiger partial charge in [-0.05, 0) is 42.4 Å². The Hall–Kier alpha value is -2.94. The Morgan fingerprint density at radius 2 is 1.67 bits per heavy atom. The molecule has 0 radical (unpaired) electrons. The molecule has 174 valence electrons. The van der Waals surface area contributed by atoms with Gasteiger partial charge in [0.15, 0.2) is 15.6 Å². The third-order valence-corrected chi connectivity index (χ3v) is 7.42. The summed E-state index contributed by atoms with van der Waals surface area (Å²) >= 11 is 0. The lowest BCUT2D eigenvalue weighted by molar-refractivity contribution is 0.0921. The Kier molecular flexibility index (Phi) is 7.27. The molecule has 1 fully saturated rings. The van der Waals surface area contributed by atoms with Crippen LogP contribution < -0.4 is 5.32 Å². The van der Waals surface area contributed by atoms with E-state index in [-0.39, 0.29) is 28.1 Å². The molecule has 0 bridgehead atoms. The molecular weight excluding hydrogens is 438 g/mol. The van der Waals surface area contributed by atoms with Gasteiger partial charge in [-0.1, -0.05) is 42.5 Å². The summed E-state index contributed by atoms with van der Waals surface area (Å²) < 4.78 is 30.6. The molecule has 1 aliphatic heterocycles. The van der Waals surface area contributed by atoms with Gasteiger partial charge < -0.3 is 14.6 Å². The number of likely N-dealkylation sites (N-methyl/N-ethyl adjacent to an activating group) is 1. The third-order valence-electron chi connectivity index (χ3n) is 5.77. The summed E-state index contributed by atoms with van der Waals surface area (Å²) in [5, 5.41) is 2.86. The Balaban J connectivity index is 1.32. The van der Waals surface area contributed by atoms with Gasteiger partial charge in [0, 0.05) is 39.3 Å². The normalized spacial score (nSPS) is 15.4. The summed E-state index contributed by atoms with van der Waals surface area (Å²) in [5.74, 6) is -0.332. The quantitative estimate of drug-likeness (QED) is 0.549. The van der Waals surface area contributed by atoms with Crippen molar-refractivity contribution in [2.45, 2.75) is 23.7 Å². The van der Waals surface area contributed by atoms with Gasteiger partial charge in [-0.3, -0.25) is 9.69 Å². The number of carbonyl (C=O) groups is 1. The number of sulfone groups is 1. The number of carbonyl (C=O) groups excluding carboxylic acids is 1. The topological polar surface area (TPSA) is 82.9 Å². The second-order valence-corrected chi connectivity index (χ2v) is 10.4. The Morgan fingerprint density at radius 3 is 2.42 bits per heavy atom. The molecule has 4 rings (SSSR count). The van der Waals surface area contributed by atoms with E-state index in [9.17, 15) is 13.2 Å². The zero-order chi connectivity index (χ0) is 23.3. The van der Waals surface area contributed by atoms with Crippen molar-refractivity contribution in [1.82, 2.24) is 15.1 Å². The molecule has 2 aromatic carbocycles. The van der Waals surface area contributed by atoms with Crippen molar-refractivity contribution in [3.05, 3.63) is 89.4 Å². The van der Waals surface area contributed by atoms with Gasteiger partial charge in [-0.25, -0.2) is 8.42 Å². The molecule has 7 nitrogen and oxygen atoms in total. The van der Waals surface area contributed by atoms with Crippen LogP contribution >= 0.6 is 0 Å². The van der Waals surface area contributed by atoms with Crippen molar-refractivity contribution in [3.63, 3.8) is 0 Å². The summed E-state index contributed by atoms with van der Waals surface area (Å²) in [4.78, 5) is 17.5. The number of benzene rings is 2. The van der Waals surface area contributed by atoms with Crippen LogP contribution in [0.5, 0.6) is 0 Å². The highest BCUT2D eigenvalue weighted by Crippen LogP contribution is 2.18. The summed E-state index contributed by atoms with van der Waals surface area (Å²) in [6.45, 7) is 5.53. The molecule has 0 saturated carbocycles. The predicted octanol–water partition coefficient (Wildman–Crippen LogP) is 2.93. The zero-order valence-electron chi connectivity index (χ0n) is 18.7. The van der Waals surface area contributed by atoms with Crippen molar-refractivity contribution >= 4 is 15.7 Å². The van der Waals surface area contributed by atoms with E-state index in [0.29, 0.717) is 6.54 Å². The molecule has 3 aromatic rings. The van der Waals surface area contributed by atoms with Crippen molar-refractivity contribution < 1.29 is 17.6 Å². The van der Waals surface area contributed by atoms with Crippen LogP contribution in [-0.4, -0.2) is 57.4 Å². The Morgan fingerprint density at radius 1 is 0.939 bits per heavy atom. The summed E-state index contributed by atoms with van der Waals surface area (Å²) in [7, 11) is -1.39. The van der Waals surface area contributed by atoms with Crippen LogP contribution in [0.1, 0.15) is 27.4 Å². The molecule has 8 heteroatoms. The highest BCUT2D eigenvalue weighted by Gasteiger charge is 2.19. The summed E-state index contributed by atoms with van der Waals surface area (Å²) in [6.07, 6.45) is 0. The summed E-state index contributed by atoms with van der Waals surface area (Å²) in [6, 6.07) is 19.4. The highest BCUT2D eigenvalue weighted by atomic mass is 32.2. The monoisotopic (exact) mass is 467 g/mol. The molecule has 1 aromatic heterocycles. The SMILES string of the molecule is CN1CCN(Cc2cccc(CNC(=O)c3ccc(CS(=O)(=O)c4ccccc4)o3)c2)CC1. The van der Waals surface area contributed by atoms with E-state index >= 15 is 0 Å². The Bertz CT molecular complexity index is 1180. The Labute approximate surface area is 194 Å². The molecular formula is C25H29N3O4S. The van der Waals surface area contributed by atoms with Gasteiger partial charge in [0.1, 0.15) is 11.5 Å². The molecule has 1 amide bonds. The lowest BCUT2D eigenvalue weighted by Crippen LogP contribution is -2.43. The molecule has 33 heavy (non-hydrogen) atoms. The van der Waals surface area contributed by atoms with Crippen molar-refractivity contribution in [3.8, 4) is 0 Å². The van der Waals surface area contributed by atoms with Crippen LogP contribution in [0.15, 0.2) is 76.0 Å². The standard InChI is InChI=1S/C25H29N3O4S/c1-27-12-14-28(15-13-27)18-21-7-5-6-20(16-21)17-26-25(29)24-11-10-22(32-24)19-33(30,31)23-8-3-2-4-9-23/h2-11,16H,12-15,17-19H2,1H3,(H,26,29). The van der Waals surface area contributed by atoms with Gasteiger partial charge in [-0.15, -0.1) is 0 Å². The predicted molar refractivity (Wildman–Crippen MR) is 126 cm³/mol. The minimum absolute atomic E-state index is 0.0989. The maximum Gasteiger partial charge on any atom is 0.287 e. The molecule has 0 aliphatic carbocycles. The molecule has 0 spiro atoms. The fourth-order valence-corrected chi connectivity index (χ4v) is 5.12. The van der Waals surface area contributed by atoms with Crippen LogP contribution in [0.3, 0.4) is 0 Å². The number of piperazine rings is 1. The number of hydrogen-bond acceptors (Lipinski definition) is 6. The van der Waals surface area contributed by atoms with Crippen LogP contribution in [0.25, 0.3) is 0 Å². The number of nitrogens with one attached hydrogen (secondary N) is 1. The first kappa shape index (κ1) is 23.2. The average molecular weight is 468 g/mol. The second kappa shape index (κ2) is 10.3. The number of nitrogens with zero attached hydrogens (tertiary/aromatic N) is 2. The minimum atomic E-state index is -3.53. The summed E-state index contributed by atoms with van der Waals surface area (Å²) in [5.41, 5.74) is 2.23. The first-order valence-corrected chi connectivity index (χ1v) is 12.7. The minimum Gasteiger partial charge on any atom is -0.455 e. The molecule has 1 saturated heterocycles. The molecule has 1 aliphatic rings. The van der Waals surface area contributed by atoms with Crippen LogP contribution in [0, 0.1) is 0 Å². The van der Waals surface area contributed by atoms with E-state index < -0.39 is 9.84 Å². The molecule has 2 heterocycles. The average Bonchev–Trinajstić information content (AvgIpc) is 3.28. The maximum absolute atomic E-state index is 12.5. The van der Waals surface area contributed by atoms with E-state index in [1.807, 2.05) is 12.1 Å². The lowest BCUT2D eigenvalue weighted by Gasteiger charge is -2.32. The molecule has 0 unspecified atom stereocenters. The van der Waals surface area contributed by atoms with E-state index in [0.717, 1.165) is 38.3 Å². The van der Waals surface area contributed by atoms with E-state index in [1.165, 1.54) is 17.7 Å².